The molecule has 4 unspecified atom stereocenters. The maximum Gasteiger partial charge on any atom is 0.303 e. The number of sulfonamides is 1. The third-order valence-corrected chi connectivity index (χ3v) is 10.9. The molecule has 2 fully saturated rings. The van der Waals surface area contributed by atoms with Gasteiger partial charge < -0.3 is 14.2 Å². The SMILES string of the molecule is CC(=O)OC1C=C[C@@]2(C)C(=C/C(=N/NS(=O)(=O)c3ccc(C)cc3)C3C2CC[C@@]2(C)C3C=CC23OCCO3)C1. The molecular formula is C30H36N2O6S. The van der Waals surface area contributed by atoms with Gasteiger partial charge in [-0.2, -0.15) is 18.4 Å². The molecule has 5 aliphatic rings. The summed E-state index contributed by atoms with van der Waals surface area (Å²) in [6.45, 7) is 8.90. The van der Waals surface area contributed by atoms with E-state index in [0.29, 0.717) is 25.3 Å². The summed E-state index contributed by atoms with van der Waals surface area (Å²) in [6.07, 6.45) is 12.5. The number of hydrogen-bond acceptors (Lipinski definition) is 7. The minimum absolute atomic E-state index is 0.0474. The predicted octanol–water partition coefficient (Wildman–Crippen LogP) is 4.43. The Labute approximate surface area is 230 Å². The Morgan fingerprint density at radius 3 is 2.51 bits per heavy atom. The van der Waals surface area contributed by atoms with Crippen molar-refractivity contribution in [3.05, 3.63) is 65.8 Å². The van der Waals surface area contributed by atoms with Gasteiger partial charge in [-0.3, -0.25) is 4.79 Å². The van der Waals surface area contributed by atoms with Gasteiger partial charge in [-0.1, -0.05) is 49.3 Å². The number of allylic oxidation sites excluding steroid dienone is 3. The van der Waals surface area contributed by atoms with E-state index < -0.39 is 15.8 Å². The molecular weight excluding hydrogens is 516 g/mol. The van der Waals surface area contributed by atoms with Gasteiger partial charge in [-0.25, -0.2) is 0 Å². The van der Waals surface area contributed by atoms with Crippen LogP contribution in [-0.2, 0) is 29.0 Å². The van der Waals surface area contributed by atoms with Gasteiger partial charge in [0.05, 0.1) is 23.8 Å². The lowest BCUT2D eigenvalue weighted by Crippen LogP contribution is -2.57. The molecule has 0 aromatic heterocycles. The number of fused-ring (bicyclic) bond motifs is 6. The molecule has 1 N–H and O–H groups in total. The van der Waals surface area contributed by atoms with E-state index in [0.717, 1.165) is 24.0 Å². The first kappa shape index (κ1) is 26.5. The van der Waals surface area contributed by atoms with Crippen molar-refractivity contribution in [3.8, 4) is 0 Å². The van der Waals surface area contributed by atoms with Crippen LogP contribution in [0.25, 0.3) is 0 Å². The van der Waals surface area contributed by atoms with Crippen LogP contribution < -0.4 is 4.83 Å². The van der Waals surface area contributed by atoms with Crippen LogP contribution in [0.4, 0.5) is 0 Å². The number of esters is 1. The van der Waals surface area contributed by atoms with Crippen molar-refractivity contribution in [2.24, 2.45) is 33.7 Å². The van der Waals surface area contributed by atoms with Crippen molar-refractivity contribution in [2.75, 3.05) is 13.2 Å². The Morgan fingerprint density at radius 1 is 1.10 bits per heavy atom. The molecule has 4 aliphatic carbocycles. The molecule has 0 amide bonds. The first-order chi connectivity index (χ1) is 18.5. The minimum atomic E-state index is -3.86. The van der Waals surface area contributed by atoms with Gasteiger partial charge in [-0.05, 0) is 62.0 Å². The molecule has 8 nitrogen and oxygen atoms in total. The first-order valence-electron chi connectivity index (χ1n) is 13.7. The number of aryl methyl sites for hydroxylation is 1. The maximum absolute atomic E-state index is 13.2. The fourth-order valence-corrected chi connectivity index (χ4v) is 8.40. The first-order valence-corrected chi connectivity index (χ1v) is 15.2. The molecule has 39 heavy (non-hydrogen) atoms. The molecule has 1 heterocycles. The van der Waals surface area contributed by atoms with Gasteiger partial charge in [0.2, 0.25) is 0 Å². The van der Waals surface area contributed by atoms with E-state index >= 15 is 0 Å². The summed E-state index contributed by atoms with van der Waals surface area (Å²) in [6, 6.07) is 6.71. The maximum atomic E-state index is 13.2. The normalized spacial score (nSPS) is 37.2. The van der Waals surface area contributed by atoms with Crippen LogP contribution in [0.5, 0.6) is 0 Å². The summed E-state index contributed by atoms with van der Waals surface area (Å²) < 4.78 is 44.4. The van der Waals surface area contributed by atoms with Crippen LogP contribution in [0.1, 0.15) is 45.6 Å². The summed E-state index contributed by atoms with van der Waals surface area (Å²) in [7, 11) is -3.86. The van der Waals surface area contributed by atoms with Crippen molar-refractivity contribution in [1.82, 2.24) is 4.83 Å². The van der Waals surface area contributed by atoms with E-state index in [1.807, 2.05) is 19.1 Å². The van der Waals surface area contributed by atoms with E-state index in [-0.39, 0.29) is 45.6 Å². The zero-order valence-corrected chi connectivity index (χ0v) is 23.7. The standard InChI is InChI=1S/C30H36N2O6S/c1-19-5-7-23(8-6-19)39(34,35)32-31-26-18-21-17-22(38-20(2)33)9-12-28(21,3)24-10-13-29(4)25(27(24)26)11-14-30(29)36-15-16-37-30/h5-9,11-12,14,18,22,24-25,27,32H,10,13,15-17H2,1-4H3/b31-26-/t22?,24?,25?,27?,28-,29-/m0/s1. The summed E-state index contributed by atoms with van der Waals surface area (Å²) in [5, 5.41) is 4.61. The molecule has 6 rings (SSSR count). The van der Waals surface area contributed by atoms with E-state index in [4.69, 9.17) is 14.2 Å². The number of hydrogen-bond donors (Lipinski definition) is 1. The Hall–Kier alpha value is -2.75. The number of hydrazone groups is 1. The number of nitrogens with zero attached hydrogens (tertiary/aromatic N) is 1. The number of nitrogens with one attached hydrogen (secondary N) is 1. The summed E-state index contributed by atoms with van der Waals surface area (Å²) in [5.74, 6) is -0.923. The smallest absolute Gasteiger partial charge is 0.303 e. The molecule has 0 radical (unpaired) electrons. The van der Waals surface area contributed by atoms with Gasteiger partial charge in [0.15, 0.2) is 5.79 Å². The van der Waals surface area contributed by atoms with Gasteiger partial charge in [-0.15, -0.1) is 0 Å². The lowest BCUT2D eigenvalue weighted by atomic mass is 9.48. The summed E-state index contributed by atoms with van der Waals surface area (Å²) in [4.78, 5) is 14.4. The third kappa shape index (κ3) is 4.12. The van der Waals surface area contributed by atoms with Gasteiger partial charge in [0.1, 0.15) is 6.10 Å². The Morgan fingerprint density at radius 2 is 1.82 bits per heavy atom. The Kier molecular flexibility index (Phi) is 6.21. The Balaban J connectivity index is 1.42. The highest BCUT2D eigenvalue weighted by molar-refractivity contribution is 7.89. The fourth-order valence-electron chi connectivity index (χ4n) is 7.58. The molecule has 1 aliphatic heterocycles. The van der Waals surface area contributed by atoms with Crippen molar-refractivity contribution < 1.29 is 27.4 Å². The second kappa shape index (κ2) is 9.14. The molecule has 9 heteroatoms. The highest BCUT2D eigenvalue weighted by Gasteiger charge is 2.65. The minimum Gasteiger partial charge on any atom is -0.458 e. The lowest BCUT2D eigenvalue weighted by molar-refractivity contribution is -0.216. The van der Waals surface area contributed by atoms with Crippen molar-refractivity contribution in [3.63, 3.8) is 0 Å². The van der Waals surface area contributed by atoms with Crippen LogP contribution in [0, 0.1) is 35.5 Å². The second-order valence-electron chi connectivity index (χ2n) is 11.9. The topological polar surface area (TPSA) is 103 Å². The fraction of sp³-hybridized carbons (Fsp3) is 0.533. The average molecular weight is 553 g/mol. The van der Waals surface area contributed by atoms with Gasteiger partial charge in [0.25, 0.3) is 10.0 Å². The average Bonchev–Trinajstić information content (AvgIpc) is 3.49. The van der Waals surface area contributed by atoms with Crippen molar-refractivity contribution >= 4 is 21.7 Å². The molecule has 1 aromatic rings. The van der Waals surface area contributed by atoms with Crippen LogP contribution in [0.3, 0.4) is 0 Å². The van der Waals surface area contributed by atoms with Crippen LogP contribution >= 0.6 is 0 Å². The second-order valence-corrected chi connectivity index (χ2v) is 13.6. The quantitative estimate of drug-likeness (QED) is 0.337. The molecule has 0 bridgehead atoms. The largest absolute Gasteiger partial charge is 0.458 e. The Bertz CT molecular complexity index is 1410. The number of carbonyl (C=O) groups excluding carboxylic acids is 1. The van der Waals surface area contributed by atoms with Crippen LogP contribution in [0.15, 0.2) is 70.2 Å². The molecule has 208 valence electrons. The third-order valence-electron chi connectivity index (χ3n) is 9.71. The molecule has 6 atom stereocenters. The number of rotatable bonds is 4. The van der Waals surface area contributed by atoms with Crippen molar-refractivity contribution in [2.45, 2.75) is 63.7 Å². The molecule has 1 spiro atoms. The lowest BCUT2D eigenvalue weighted by Gasteiger charge is -2.57. The number of ether oxygens (including phenoxy) is 3. The van der Waals surface area contributed by atoms with E-state index in [9.17, 15) is 13.2 Å². The number of benzene rings is 1. The van der Waals surface area contributed by atoms with E-state index in [2.05, 4.69) is 42.0 Å². The zero-order valence-electron chi connectivity index (χ0n) is 22.8. The zero-order chi connectivity index (χ0) is 27.6. The highest BCUT2D eigenvalue weighted by Crippen LogP contribution is 2.65. The van der Waals surface area contributed by atoms with Gasteiger partial charge >= 0.3 is 5.97 Å². The summed E-state index contributed by atoms with van der Waals surface area (Å²) in [5.41, 5.74) is 2.20. The number of carbonyl (C=O) groups is 1. The summed E-state index contributed by atoms with van der Waals surface area (Å²) >= 11 is 0. The van der Waals surface area contributed by atoms with E-state index in [1.165, 1.54) is 6.92 Å². The van der Waals surface area contributed by atoms with Crippen molar-refractivity contribution in [1.29, 1.82) is 0 Å². The van der Waals surface area contributed by atoms with Gasteiger partial charge in [0, 0.05) is 30.1 Å². The molecule has 1 saturated carbocycles. The monoisotopic (exact) mass is 552 g/mol. The highest BCUT2D eigenvalue weighted by atomic mass is 32.2. The molecule has 1 saturated heterocycles. The molecule has 1 aromatic carbocycles. The van der Waals surface area contributed by atoms with Crippen LogP contribution in [-0.4, -0.2) is 45.2 Å². The van der Waals surface area contributed by atoms with Crippen LogP contribution in [0.2, 0.25) is 0 Å². The van der Waals surface area contributed by atoms with E-state index in [1.54, 1.807) is 24.3 Å². The predicted molar refractivity (Wildman–Crippen MR) is 146 cm³/mol.